The Balaban J connectivity index is 1.51. The fourth-order valence-electron chi connectivity index (χ4n) is 1.72. The van der Waals surface area contributed by atoms with E-state index in [1.54, 1.807) is 0 Å². The Morgan fingerprint density at radius 2 is 2.00 bits per heavy atom. The van der Waals surface area contributed by atoms with Crippen LogP contribution in [0.15, 0.2) is 30.3 Å². The van der Waals surface area contributed by atoms with Crippen molar-refractivity contribution in [1.29, 1.82) is 0 Å². The van der Waals surface area contributed by atoms with Crippen LogP contribution in [0.2, 0.25) is 0 Å². The van der Waals surface area contributed by atoms with Gasteiger partial charge in [-0.05, 0) is 37.3 Å². The zero-order valence-electron chi connectivity index (χ0n) is 10.1. The van der Waals surface area contributed by atoms with E-state index in [1.807, 2.05) is 18.2 Å². The van der Waals surface area contributed by atoms with E-state index in [2.05, 4.69) is 22.8 Å². The quantitative estimate of drug-likeness (QED) is 0.697. The number of rotatable bonds is 7. The molecule has 1 aliphatic rings. The monoisotopic (exact) mass is 232 g/mol. The predicted molar refractivity (Wildman–Crippen MR) is 68.7 cm³/mol. The summed E-state index contributed by atoms with van der Waals surface area (Å²) >= 11 is 0. The molecule has 1 fully saturated rings. The number of nitrogens with one attached hydrogen (secondary N) is 2. The maximum atomic E-state index is 11.4. The Morgan fingerprint density at radius 3 is 2.71 bits per heavy atom. The molecule has 0 unspecified atom stereocenters. The van der Waals surface area contributed by atoms with Crippen LogP contribution in [0.25, 0.3) is 0 Å². The zero-order valence-corrected chi connectivity index (χ0v) is 10.1. The molecule has 1 aromatic rings. The predicted octanol–water partition coefficient (Wildman–Crippen LogP) is 1.34. The van der Waals surface area contributed by atoms with Crippen molar-refractivity contribution >= 4 is 5.91 Å². The van der Waals surface area contributed by atoms with E-state index < -0.39 is 0 Å². The molecule has 1 aliphatic carbocycles. The average Bonchev–Trinajstić information content (AvgIpc) is 3.17. The lowest BCUT2D eigenvalue weighted by Gasteiger charge is -2.06. The number of amides is 1. The fourth-order valence-corrected chi connectivity index (χ4v) is 1.72. The minimum atomic E-state index is 0.116. The molecule has 0 aromatic heterocycles. The van der Waals surface area contributed by atoms with Gasteiger partial charge in [0.05, 0.1) is 6.54 Å². The molecule has 92 valence electrons. The van der Waals surface area contributed by atoms with Crippen molar-refractivity contribution in [2.75, 3.05) is 19.6 Å². The van der Waals surface area contributed by atoms with E-state index in [0.717, 1.165) is 25.4 Å². The van der Waals surface area contributed by atoms with Crippen molar-refractivity contribution in [3.05, 3.63) is 35.9 Å². The number of carbonyl (C=O) groups is 1. The number of hydrogen-bond acceptors (Lipinski definition) is 2. The molecule has 3 heteroatoms. The molecule has 17 heavy (non-hydrogen) atoms. The van der Waals surface area contributed by atoms with E-state index in [0.29, 0.717) is 6.54 Å². The Bertz CT molecular complexity index is 346. The van der Waals surface area contributed by atoms with Crippen LogP contribution in [-0.4, -0.2) is 25.5 Å². The van der Waals surface area contributed by atoms with Crippen molar-refractivity contribution < 1.29 is 4.79 Å². The Labute approximate surface area is 103 Å². The summed E-state index contributed by atoms with van der Waals surface area (Å²) in [7, 11) is 0. The van der Waals surface area contributed by atoms with E-state index in [-0.39, 0.29) is 5.91 Å². The lowest BCUT2D eigenvalue weighted by molar-refractivity contribution is -0.120. The second-order valence-corrected chi connectivity index (χ2v) is 4.66. The number of benzene rings is 1. The van der Waals surface area contributed by atoms with Crippen molar-refractivity contribution in [3.63, 3.8) is 0 Å². The molecule has 2 rings (SSSR count). The molecule has 0 saturated heterocycles. The van der Waals surface area contributed by atoms with E-state index in [4.69, 9.17) is 0 Å². The smallest absolute Gasteiger partial charge is 0.233 e. The van der Waals surface area contributed by atoms with Gasteiger partial charge in [-0.1, -0.05) is 30.3 Å². The van der Waals surface area contributed by atoms with Gasteiger partial charge in [0, 0.05) is 6.54 Å². The lowest BCUT2D eigenvalue weighted by atomic mass is 10.1. The first-order chi connectivity index (χ1) is 8.34. The SMILES string of the molecule is O=C(CNCCc1ccccc1)NCC1CC1. The van der Waals surface area contributed by atoms with Gasteiger partial charge in [0.2, 0.25) is 5.91 Å². The third-order valence-corrected chi connectivity index (χ3v) is 3.00. The molecular weight excluding hydrogens is 212 g/mol. The maximum absolute atomic E-state index is 11.4. The standard InChI is InChI=1S/C14H20N2O/c17-14(16-10-13-6-7-13)11-15-9-8-12-4-2-1-3-5-12/h1-5,13,15H,6-11H2,(H,16,17). The highest BCUT2D eigenvalue weighted by atomic mass is 16.1. The first-order valence-corrected chi connectivity index (χ1v) is 6.36. The van der Waals surface area contributed by atoms with Crippen molar-refractivity contribution in [2.24, 2.45) is 5.92 Å². The van der Waals surface area contributed by atoms with Crippen LogP contribution < -0.4 is 10.6 Å². The molecule has 1 amide bonds. The highest BCUT2D eigenvalue weighted by molar-refractivity contribution is 5.77. The lowest BCUT2D eigenvalue weighted by Crippen LogP contribution is -2.35. The minimum Gasteiger partial charge on any atom is -0.355 e. The number of hydrogen-bond donors (Lipinski definition) is 2. The summed E-state index contributed by atoms with van der Waals surface area (Å²) in [6.07, 6.45) is 3.53. The second-order valence-electron chi connectivity index (χ2n) is 4.66. The van der Waals surface area contributed by atoms with Gasteiger partial charge < -0.3 is 10.6 Å². The first kappa shape index (κ1) is 12.1. The summed E-state index contributed by atoms with van der Waals surface area (Å²) in [5.74, 6) is 0.869. The molecule has 0 aliphatic heterocycles. The van der Waals surface area contributed by atoms with Gasteiger partial charge in [-0.2, -0.15) is 0 Å². The molecule has 0 heterocycles. The van der Waals surface area contributed by atoms with Crippen LogP contribution in [0.4, 0.5) is 0 Å². The molecule has 0 spiro atoms. The summed E-state index contributed by atoms with van der Waals surface area (Å²) in [5.41, 5.74) is 1.30. The Kier molecular flexibility index (Phi) is 4.56. The van der Waals surface area contributed by atoms with Crippen LogP contribution in [0, 0.1) is 5.92 Å². The third kappa shape index (κ3) is 5.00. The topological polar surface area (TPSA) is 41.1 Å². The van der Waals surface area contributed by atoms with Gasteiger partial charge >= 0.3 is 0 Å². The van der Waals surface area contributed by atoms with Crippen molar-refractivity contribution in [3.8, 4) is 0 Å². The summed E-state index contributed by atoms with van der Waals surface area (Å²) in [6, 6.07) is 10.3. The van der Waals surface area contributed by atoms with Crippen LogP contribution >= 0.6 is 0 Å². The summed E-state index contributed by atoms with van der Waals surface area (Å²) < 4.78 is 0. The molecule has 2 N–H and O–H groups in total. The minimum absolute atomic E-state index is 0.116. The molecular formula is C14H20N2O. The molecule has 3 nitrogen and oxygen atoms in total. The largest absolute Gasteiger partial charge is 0.355 e. The van der Waals surface area contributed by atoms with Crippen LogP contribution in [0.5, 0.6) is 0 Å². The van der Waals surface area contributed by atoms with E-state index in [1.165, 1.54) is 18.4 Å². The van der Waals surface area contributed by atoms with Crippen LogP contribution in [0.3, 0.4) is 0 Å². The van der Waals surface area contributed by atoms with Gasteiger partial charge in [-0.25, -0.2) is 0 Å². The summed E-state index contributed by atoms with van der Waals surface area (Å²) in [4.78, 5) is 11.4. The number of carbonyl (C=O) groups excluding carboxylic acids is 1. The Morgan fingerprint density at radius 1 is 1.24 bits per heavy atom. The van der Waals surface area contributed by atoms with Gasteiger partial charge in [-0.3, -0.25) is 4.79 Å². The highest BCUT2D eigenvalue weighted by Gasteiger charge is 2.21. The average molecular weight is 232 g/mol. The summed E-state index contributed by atoms with van der Waals surface area (Å²) in [5, 5.41) is 6.11. The molecule has 1 aromatic carbocycles. The normalized spacial score (nSPS) is 14.6. The van der Waals surface area contributed by atoms with E-state index in [9.17, 15) is 4.79 Å². The highest BCUT2D eigenvalue weighted by Crippen LogP contribution is 2.27. The molecule has 0 bridgehead atoms. The van der Waals surface area contributed by atoms with Crippen LogP contribution in [0.1, 0.15) is 18.4 Å². The second kappa shape index (κ2) is 6.40. The van der Waals surface area contributed by atoms with Gasteiger partial charge in [0.25, 0.3) is 0 Å². The van der Waals surface area contributed by atoms with Gasteiger partial charge in [-0.15, -0.1) is 0 Å². The molecule has 0 radical (unpaired) electrons. The fraction of sp³-hybridized carbons (Fsp3) is 0.500. The van der Waals surface area contributed by atoms with E-state index >= 15 is 0 Å². The first-order valence-electron chi connectivity index (χ1n) is 6.36. The summed E-state index contributed by atoms with van der Waals surface area (Å²) in [6.45, 7) is 2.14. The zero-order chi connectivity index (χ0) is 11.9. The van der Waals surface area contributed by atoms with Crippen molar-refractivity contribution in [2.45, 2.75) is 19.3 Å². The van der Waals surface area contributed by atoms with Crippen LogP contribution in [-0.2, 0) is 11.2 Å². The molecule has 1 saturated carbocycles. The Hall–Kier alpha value is -1.35. The van der Waals surface area contributed by atoms with Gasteiger partial charge in [0.1, 0.15) is 0 Å². The van der Waals surface area contributed by atoms with Gasteiger partial charge in [0.15, 0.2) is 0 Å². The molecule has 0 atom stereocenters. The third-order valence-electron chi connectivity index (χ3n) is 3.00. The maximum Gasteiger partial charge on any atom is 0.233 e. The van der Waals surface area contributed by atoms with Crippen molar-refractivity contribution in [1.82, 2.24) is 10.6 Å².